The van der Waals surface area contributed by atoms with Gasteiger partial charge in [0.15, 0.2) is 6.04 Å². The molecule has 2 atom stereocenters. The van der Waals surface area contributed by atoms with Crippen molar-refractivity contribution in [2.75, 3.05) is 13.2 Å². The van der Waals surface area contributed by atoms with Gasteiger partial charge in [0.05, 0.1) is 13.2 Å². The summed E-state index contributed by atoms with van der Waals surface area (Å²) in [6.07, 6.45) is 0. The van der Waals surface area contributed by atoms with Crippen molar-refractivity contribution in [1.82, 2.24) is 4.90 Å². The Morgan fingerprint density at radius 3 is 1.91 bits per heavy atom. The van der Waals surface area contributed by atoms with Gasteiger partial charge < -0.3 is 14.2 Å². The van der Waals surface area contributed by atoms with Gasteiger partial charge in [-0.25, -0.2) is 14.4 Å². The molecule has 0 aliphatic carbocycles. The highest BCUT2D eigenvalue weighted by Crippen LogP contribution is 2.47. The molecule has 0 radical (unpaired) electrons. The summed E-state index contributed by atoms with van der Waals surface area (Å²) in [7, 11) is 0. The molecule has 0 bridgehead atoms. The number of esters is 3. The first-order chi connectivity index (χ1) is 14.9. The lowest BCUT2D eigenvalue weighted by atomic mass is 9.69. The van der Waals surface area contributed by atoms with Crippen molar-refractivity contribution in [1.29, 1.82) is 0 Å². The Morgan fingerprint density at radius 1 is 1.00 bits per heavy atom. The number of β-lactam (4-membered cyclic amide) rings is 1. The molecule has 1 aliphatic rings. The molecular formula is C23H29NO8. The van der Waals surface area contributed by atoms with Crippen molar-refractivity contribution in [2.45, 2.75) is 58.7 Å². The van der Waals surface area contributed by atoms with Crippen LogP contribution in [0, 0.1) is 5.92 Å². The second-order valence-electron chi connectivity index (χ2n) is 8.31. The van der Waals surface area contributed by atoms with E-state index in [9.17, 15) is 24.0 Å². The van der Waals surface area contributed by atoms with E-state index in [1.165, 1.54) is 13.8 Å². The van der Waals surface area contributed by atoms with Crippen LogP contribution in [0.5, 0.6) is 0 Å². The molecule has 2 rings (SSSR count). The lowest BCUT2D eigenvalue weighted by Gasteiger charge is -2.54. The molecule has 0 saturated carbocycles. The maximum atomic E-state index is 13.3. The lowest BCUT2D eigenvalue weighted by molar-refractivity contribution is -0.212. The third-order valence-electron chi connectivity index (χ3n) is 4.87. The molecule has 1 heterocycles. The zero-order valence-corrected chi connectivity index (χ0v) is 19.2. The average molecular weight is 447 g/mol. The zero-order chi connectivity index (χ0) is 24.3. The third kappa shape index (κ3) is 4.37. The molecule has 9 heteroatoms. The van der Waals surface area contributed by atoms with E-state index in [1.54, 1.807) is 51.1 Å². The van der Waals surface area contributed by atoms with Crippen LogP contribution in [0.3, 0.4) is 0 Å². The van der Waals surface area contributed by atoms with Crippen molar-refractivity contribution < 1.29 is 38.2 Å². The van der Waals surface area contributed by atoms with Gasteiger partial charge in [0.25, 0.3) is 5.54 Å². The molecule has 1 aromatic rings. The summed E-state index contributed by atoms with van der Waals surface area (Å²) >= 11 is 0. The maximum Gasteiger partial charge on any atom is 0.345 e. The van der Waals surface area contributed by atoms with Gasteiger partial charge in [-0.15, -0.1) is 0 Å². The van der Waals surface area contributed by atoms with E-state index in [0.717, 1.165) is 11.8 Å². The minimum absolute atomic E-state index is 0.116. The van der Waals surface area contributed by atoms with Gasteiger partial charge in [-0.2, -0.15) is 0 Å². The normalized spacial score (nSPS) is 18.2. The largest absolute Gasteiger partial charge is 0.464 e. The molecule has 9 nitrogen and oxygen atoms in total. The fourth-order valence-electron chi connectivity index (χ4n) is 3.74. The average Bonchev–Trinajstić information content (AvgIpc) is 2.68. The molecular weight excluding hydrogens is 418 g/mol. The van der Waals surface area contributed by atoms with Crippen LogP contribution in [0.25, 0.3) is 0 Å². The summed E-state index contributed by atoms with van der Waals surface area (Å²) in [5.74, 6) is -6.39. The van der Waals surface area contributed by atoms with Crippen molar-refractivity contribution >= 4 is 29.6 Å². The van der Waals surface area contributed by atoms with Crippen molar-refractivity contribution in [2.24, 2.45) is 5.92 Å². The quantitative estimate of drug-likeness (QED) is 0.257. The second kappa shape index (κ2) is 9.50. The second-order valence-corrected chi connectivity index (χ2v) is 8.31. The number of carbonyl (C=O) groups excluding carboxylic acids is 5. The minimum atomic E-state index is -2.44. The van der Waals surface area contributed by atoms with Crippen LogP contribution in [0.2, 0.25) is 0 Å². The van der Waals surface area contributed by atoms with E-state index < -0.39 is 52.7 Å². The van der Waals surface area contributed by atoms with E-state index in [4.69, 9.17) is 14.2 Å². The van der Waals surface area contributed by atoms with Gasteiger partial charge in [-0.05, 0) is 47.1 Å². The first kappa shape index (κ1) is 25.0. The summed E-state index contributed by atoms with van der Waals surface area (Å²) in [5, 5.41) is 0. The Balaban J connectivity index is 2.76. The predicted octanol–water partition coefficient (Wildman–Crippen LogP) is 1.98. The molecule has 0 N–H and O–H groups in total. The number of carbonyl (C=O) groups is 5. The summed E-state index contributed by atoms with van der Waals surface area (Å²) in [6, 6.07) is 6.61. The molecule has 1 aliphatic heterocycles. The van der Waals surface area contributed by atoms with E-state index in [-0.39, 0.29) is 13.2 Å². The highest BCUT2D eigenvalue weighted by molar-refractivity contribution is 6.25. The molecule has 0 unspecified atom stereocenters. The standard InChI is InChI=1S/C23H29NO8/c1-7-30-20(28)23(21(29)31-8-2)16(14(3)25)18(26)24(23)17(15-12-10-9-11-13-15)19(27)32-22(4,5)6/h9-13,16-17H,7-8H2,1-6H3/t16-,17-/m1/s1. The molecule has 0 aromatic heterocycles. The van der Waals surface area contributed by atoms with Crippen LogP contribution < -0.4 is 0 Å². The lowest BCUT2D eigenvalue weighted by Crippen LogP contribution is -2.81. The van der Waals surface area contributed by atoms with Gasteiger partial charge in [-0.1, -0.05) is 30.3 Å². The van der Waals surface area contributed by atoms with Crippen molar-refractivity contribution in [3.05, 3.63) is 35.9 Å². The van der Waals surface area contributed by atoms with Crippen LogP contribution in [0.1, 0.15) is 53.1 Å². The topological polar surface area (TPSA) is 116 Å². The Hall–Kier alpha value is -3.23. The summed E-state index contributed by atoms with van der Waals surface area (Å²) < 4.78 is 15.7. The molecule has 1 saturated heterocycles. The van der Waals surface area contributed by atoms with Crippen molar-refractivity contribution in [3.63, 3.8) is 0 Å². The van der Waals surface area contributed by atoms with E-state index >= 15 is 0 Å². The fourth-order valence-corrected chi connectivity index (χ4v) is 3.74. The molecule has 32 heavy (non-hydrogen) atoms. The first-order valence-electron chi connectivity index (χ1n) is 10.4. The first-order valence-corrected chi connectivity index (χ1v) is 10.4. The fraction of sp³-hybridized carbons (Fsp3) is 0.522. The number of ether oxygens (including phenoxy) is 3. The Kier molecular flexibility index (Phi) is 7.43. The number of ketones is 1. The number of hydrogen-bond acceptors (Lipinski definition) is 8. The highest BCUT2D eigenvalue weighted by Gasteiger charge is 2.76. The number of Topliss-reactive ketones (excluding diaryl/α,β-unsaturated/α-hetero) is 1. The Bertz CT molecular complexity index is 884. The molecule has 1 aromatic carbocycles. The van der Waals surface area contributed by atoms with Gasteiger partial charge in [0.1, 0.15) is 17.3 Å². The molecule has 0 spiro atoms. The van der Waals surface area contributed by atoms with Crippen LogP contribution in [0.4, 0.5) is 0 Å². The smallest absolute Gasteiger partial charge is 0.345 e. The van der Waals surface area contributed by atoms with Gasteiger partial charge in [0, 0.05) is 0 Å². The minimum Gasteiger partial charge on any atom is -0.464 e. The molecule has 1 amide bonds. The third-order valence-corrected chi connectivity index (χ3v) is 4.87. The number of likely N-dealkylation sites (tertiary alicyclic amines) is 1. The summed E-state index contributed by atoms with van der Waals surface area (Å²) in [4.78, 5) is 65.9. The maximum absolute atomic E-state index is 13.3. The van der Waals surface area contributed by atoms with Crippen LogP contribution in [0.15, 0.2) is 30.3 Å². The highest BCUT2D eigenvalue weighted by atomic mass is 16.6. The van der Waals surface area contributed by atoms with E-state index in [0.29, 0.717) is 5.56 Å². The number of hydrogen-bond donors (Lipinski definition) is 0. The summed E-state index contributed by atoms with van der Waals surface area (Å²) in [6.45, 7) is 8.84. The van der Waals surface area contributed by atoms with Crippen molar-refractivity contribution in [3.8, 4) is 0 Å². The number of benzene rings is 1. The van der Waals surface area contributed by atoms with Crippen LogP contribution >= 0.6 is 0 Å². The predicted molar refractivity (Wildman–Crippen MR) is 112 cm³/mol. The van der Waals surface area contributed by atoms with Gasteiger partial charge >= 0.3 is 17.9 Å². The van der Waals surface area contributed by atoms with Gasteiger partial charge in [0.2, 0.25) is 5.91 Å². The number of nitrogens with zero attached hydrogens (tertiary/aromatic N) is 1. The van der Waals surface area contributed by atoms with E-state index in [1.807, 2.05) is 0 Å². The van der Waals surface area contributed by atoms with E-state index in [2.05, 4.69) is 0 Å². The summed E-state index contributed by atoms with van der Waals surface area (Å²) in [5.41, 5.74) is -3.06. The van der Waals surface area contributed by atoms with Gasteiger partial charge in [-0.3, -0.25) is 14.5 Å². The number of rotatable bonds is 8. The molecule has 174 valence electrons. The monoisotopic (exact) mass is 447 g/mol. The zero-order valence-electron chi connectivity index (χ0n) is 19.2. The SMILES string of the molecule is CCOC(=O)C1(C(=O)OCC)[C@H](C(C)=O)C(=O)N1[C@@H](C(=O)OC(C)(C)C)c1ccccc1. The Labute approximate surface area is 187 Å². The molecule has 1 fully saturated rings. The Morgan fingerprint density at radius 2 is 1.50 bits per heavy atom. The van der Waals surface area contributed by atoms with Crippen LogP contribution in [-0.4, -0.2) is 58.9 Å². The van der Waals surface area contributed by atoms with Crippen LogP contribution in [-0.2, 0) is 38.2 Å². The number of amides is 1.